The quantitative estimate of drug-likeness (QED) is 0.650. The van der Waals surface area contributed by atoms with E-state index in [2.05, 4.69) is 0 Å². The first-order valence-corrected chi connectivity index (χ1v) is 5.96. The predicted molar refractivity (Wildman–Crippen MR) is 67.1 cm³/mol. The first-order chi connectivity index (χ1) is 8.63. The Bertz CT molecular complexity index is 450. The number of benzene rings is 1. The maximum absolute atomic E-state index is 11.2. The van der Waals surface area contributed by atoms with Gasteiger partial charge < -0.3 is 14.7 Å². The number of nitro groups is 1. The van der Waals surface area contributed by atoms with Crippen LogP contribution in [0.3, 0.4) is 0 Å². The lowest BCUT2D eigenvalue weighted by Crippen LogP contribution is -2.22. The summed E-state index contributed by atoms with van der Waals surface area (Å²) in [7, 11) is 0. The monoisotopic (exact) mass is 252 g/mol. The molecule has 1 unspecified atom stereocenters. The molecule has 1 N–H and O–H groups in total. The van der Waals surface area contributed by atoms with E-state index in [4.69, 9.17) is 4.74 Å². The minimum atomic E-state index is -0.426. The minimum Gasteiger partial charge on any atom is -0.487 e. The Labute approximate surface area is 105 Å². The van der Waals surface area contributed by atoms with E-state index in [1.807, 2.05) is 4.90 Å². The number of nitrogens with zero attached hydrogens (tertiary/aromatic N) is 2. The van der Waals surface area contributed by atoms with E-state index in [0.29, 0.717) is 31.8 Å². The molecule has 1 fully saturated rings. The van der Waals surface area contributed by atoms with Gasteiger partial charge in [-0.25, -0.2) is 0 Å². The van der Waals surface area contributed by atoms with E-state index in [-0.39, 0.29) is 11.4 Å². The van der Waals surface area contributed by atoms with Crippen LogP contribution in [0.5, 0.6) is 5.75 Å². The molecule has 1 saturated heterocycles. The fourth-order valence-corrected chi connectivity index (χ4v) is 2.18. The van der Waals surface area contributed by atoms with Crippen molar-refractivity contribution >= 4 is 11.4 Å². The molecule has 0 amide bonds. The van der Waals surface area contributed by atoms with E-state index in [9.17, 15) is 15.2 Å². The zero-order valence-electron chi connectivity index (χ0n) is 10.2. The van der Waals surface area contributed by atoms with Crippen molar-refractivity contribution in [1.29, 1.82) is 0 Å². The zero-order valence-corrected chi connectivity index (χ0v) is 10.2. The van der Waals surface area contributed by atoms with Crippen LogP contribution >= 0.6 is 0 Å². The maximum Gasteiger partial charge on any atom is 0.333 e. The number of rotatable bonds is 4. The second-order valence-corrected chi connectivity index (χ2v) is 4.20. The molecule has 18 heavy (non-hydrogen) atoms. The number of hydrogen-bond acceptors (Lipinski definition) is 5. The van der Waals surface area contributed by atoms with E-state index in [1.54, 1.807) is 25.1 Å². The summed E-state index contributed by atoms with van der Waals surface area (Å²) in [6.45, 7) is 3.22. The molecule has 1 aromatic rings. The summed E-state index contributed by atoms with van der Waals surface area (Å²) in [5.74, 6) is 0.279. The van der Waals surface area contributed by atoms with Crippen LogP contribution in [0.15, 0.2) is 18.2 Å². The van der Waals surface area contributed by atoms with Crippen LogP contribution in [0.4, 0.5) is 11.4 Å². The number of β-amino-alcohol motifs (C(OH)–C–C–N with tert-alkyl or cyclic N) is 1. The van der Waals surface area contributed by atoms with Gasteiger partial charge in [-0.05, 0) is 25.5 Å². The Balaban J connectivity index is 2.39. The summed E-state index contributed by atoms with van der Waals surface area (Å²) in [5, 5.41) is 20.7. The number of aliphatic hydroxyl groups excluding tert-OH is 1. The highest BCUT2D eigenvalue weighted by molar-refractivity contribution is 5.70. The first-order valence-electron chi connectivity index (χ1n) is 5.96. The van der Waals surface area contributed by atoms with Gasteiger partial charge in [0.15, 0.2) is 5.75 Å². The maximum atomic E-state index is 11.2. The van der Waals surface area contributed by atoms with Gasteiger partial charge in [-0.1, -0.05) is 6.07 Å². The van der Waals surface area contributed by atoms with Crippen molar-refractivity contribution < 1.29 is 14.8 Å². The van der Waals surface area contributed by atoms with Gasteiger partial charge in [0.2, 0.25) is 0 Å². The third-order valence-electron chi connectivity index (χ3n) is 2.96. The lowest BCUT2D eigenvalue weighted by molar-refractivity contribution is -0.385. The largest absolute Gasteiger partial charge is 0.487 e. The number of ether oxygens (including phenoxy) is 1. The molecule has 0 aromatic heterocycles. The fourth-order valence-electron chi connectivity index (χ4n) is 2.18. The highest BCUT2D eigenvalue weighted by Gasteiger charge is 2.29. The Morgan fingerprint density at radius 3 is 2.94 bits per heavy atom. The molecule has 2 rings (SSSR count). The summed E-state index contributed by atoms with van der Waals surface area (Å²) in [6, 6.07) is 5.02. The highest BCUT2D eigenvalue weighted by Crippen LogP contribution is 2.38. The van der Waals surface area contributed by atoms with Crippen LogP contribution in [-0.4, -0.2) is 35.8 Å². The van der Waals surface area contributed by atoms with Gasteiger partial charge in [0.05, 0.1) is 17.6 Å². The molecule has 6 heteroatoms. The molecule has 0 aliphatic carbocycles. The standard InChI is InChI=1S/C12H16N2O4/c1-2-18-11-5-3-4-10(12(11)14(16)17)13-7-6-9(15)8-13/h3-5,9,15H,2,6-8H2,1H3. The van der Waals surface area contributed by atoms with Gasteiger partial charge in [-0.15, -0.1) is 0 Å². The SMILES string of the molecule is CCOc1cccc(N2CCC(O)C2)c1[N+](=O)[O-]. The van der Waals surface area contributed by atoms with Crippen molar-refractivity contribution in [3.05, 3.63) is 28.3 Å². The molecular weight excluding hydrogens is 236 g/mol. The van der Waals surface area contributed by atoms with Crippen LogP contribution in [0.25, 0.3) is 0 Å². The van der Waals surface area contributed by atoms with Crippen LogP contribution in [-0.2, 0) is 0 Å². The molecule has 0 saturated carbocycles. The zero-order chi connectivity index (χ0) is 13.1. The Kier molecular flexibility index (Phi) is 3.66. The molecule has 0 radical (unpaired) electrons. The molecule has 1 atom stereocenters. The molecule has 1 aliphatic rings. The number of aliphatic hydroxyl groups is 1. The normalized spacial score (nSPS) is 19.0. The topological polar surface area (TPSA) is 75.8 Å². The smallest absolute Gasteiger partial charge is 0.333 e. The second-order valence-electron chi connectivity index (χ2n) is 4.20. The number of nitro benzene ring substituents is 1. The van der Waals surface area contributed by atoms with Gasteiger partial charge in [-0.3, -0.25) is 10.1 Å². The highest BCUT2D eigenvalue weighted by atomic mass is 16.6. The predicted octanol–water partition coefficient (Wildman–Crippen LogP) is 1.56. The third kappa shape index (κ3) is 2.38. The molecule has 1 aromatic carbocycles. The minimum absolute atomic E-state index is 0.0200. The summed E-state index contributed by atoms with van der Waals surface area (Å²) < 4.78 is 5.29. The number of para-hydroxylation sites is 1. The van der Waals surface area contributed by atoms with Crippen molar-refractivity contribution in [3.8, 4) is 5.75 Å². The van der Waals surface area contributed by atoms with Gasteiger partial charge in [0.25, 0.3) is 0 Å². The summed E-state index contributed by atoms with van der Waals surface area (Å²) in [4.78, 5) is 12.6. The Hall–Kier alpha value is -1.82. The van der Waals surface area contributed by atoms with Crippen LogP contribution < -0.4 is 9.64 Å². The molecule has 1 aliphatic heterocycles. The van der Waals surface area contributed by atoms with E-state index >= 15 is 0 Å². The van der Waals surface area contributed by atoms with Crippen LogP contribution in [0.1, 0.15) is 13.3 Å². The van der Waals surface area contributed by atoms with Crippen LogP contribution in [0.2, 0.25) is 0 Å². The van der Waals surface area contributed by atoms with E-state index in [0.717, 1.165) is 0 Å². The first kappa shape index (κ1) is 12.6. The fraction of sp³-hybridized carbons (Fsp3) is 0.500. The van der Waals surface area contributed by atoms with Gasteiger partial charge in [-0.2, -0.15) is 0 Å². The average Bonchev–Trinajstić information content (AvgIpc) is 2.75. The lowest BCUT2D eigenvalue weighted by atomic mass is 10.2. The lowest BCUT2D eigenvalue weighted by Gasteiger charge is -2.18. The summed E-state index contributed by atoms with van der Waals surface area (Å²) in [6.07, 6.45) is 0.219. The van der Waals surface area contributed by atoms with Crippen LogP contribution in [0, 0.1) is 10.1 Å². The number of anilines is 1. The molecule has 1 heterocycles. The van der Waals surface area contributed by atoms with Gasteiger partial charge in [0.1, 0.15) is 5.69 Å². The molecule has 6 nitrogen and oxygen atoms in total. The Morgan fingerprint density at radius 1 is 1.61 bits per heavy atom. The Morgan fingerprint density at radius 2 is 2.39 bits per heavy atom. The molecular formula is C12H16N2O4. The van der Waals surface area contributed by atoms with Crippen molar-refractivity contribution in [2.75, 3.05) is 24.6 Å². The van der Waals surface area contributed by atoms with Crippen molar-refractivity contribution in [3.63, 3.8) is 0 Å². The molecule has 0 bridgehead atoms. The van der Waals surface area contributed by atoms with Gasteiger partial charge in [0, 0.05) is 13.1 Å². The van der Waals surface area contributed by atoms with Crippen molar-refractivity contribution in [2.24, 2.45) is 0 Å². The summed E-state index contributed by atoms with van der Waals surface area (Å²) >= 11 is 0. The summed E-state index contributed by atoms with van der Waals surface area (Å²) in [5.41, 5.74) is 0.496. The third-order valence-corrected chi connectivity index (χ3v) is 2.96. The average molecular weight is 252 g/mol. The molecule has 0 spiro atoms. The van der Waals surface area contributed by atoms with Gasteiger partial charge >= 0.3 is 5.69 Å². The second kappa shape index (κ2) is 5.22. The molecule has 98 valence electrons. The van der Waals surface area contributed by atoms with Crippen molar-refractivity contribution in [2.45, 2.75) is 19.4 Å². The van der Waals surface area contributed by atoms with E-state index < -0.39 is 11.0 Å². The van der Waals surface area contributed by atoms with Crippen molar-refractivity contribution in [1.82, 2.24) is 0 Å². The number of hydrogen-bond donors (Lipinski definition) is 1. The van der Waals surface area contributed by atoms with E-state index in [1.165, 1.54) is 0 Å².